The van der Waals surface area contributed by atoms with Crippen LogP contribution in [0.25, 0.3) is 0 Å². The van der Waals surface area contributed by atoms with E-state index in [1.54, 1.807) is 38.1 Å². The predicted octanol–water partition coefficient (Wildman–Crippen LogP) is 5.75. The molecule has 1 heterocycles. The molecule has 2 rings (SSSR count). The van der Waals surface area contributed by atoms with Gasteiger partial charge in [0.1, 0.15) is 12.6 Å². The van der Waals surface area contributed by atoms with Crippen LogP contribution < -0.4 is 32.7 Å². The number of unbranched alkanes of at least 4 members (excludes halogenated alkanes) is 4. The number of carbonyl (C=O) groups excluding carboxylic acids is 8. The highest BCUT2D eigenvalue weighted by Gasteiger charge is 2.35. The van der Waals surface area contributed by atoms with Gasteiger partial charge in [-0.3, -0.25) is 38.6 Å². The molecule has 18 heteroatoms. The SMILES string of the molecule is CC.CC(C)C(C(N)=O)N(C)C(=O)OCc1ccc(NC(=O)CNC=O)cc1.CC(C)C(C)NC=O.CCCC.CCCCCCN1C(=O)CC(S)C1=O.CCCNC(N)=O. The Hall–Kier alpha value is -4.87. The second-order valence-electron chi connectivity index (χ2n) is 14.3. The smallest absolute Gasteiger partial charge is 0.410 e. The van der Waals surface area contributed by atoms with E-state index in [-0.39, 0.29) is 43.2 Å². The summed E-state index contributed by atoms with van der Waals surface area (Å²) in [5.41, 5.74) is 11.3. The van der Waals surface area contributed by atoms with Crippen molar-refractivity contribution in [3.8, 4) is 0 Å². The molecule has 0 saturated carbocycles. The zero-order valence-corrected chi connectivity index (χ0v) is 39.9. The van der Waals surface area contributed by atoms with Crippen molar-refractivity contribution in [3.63, 3.8) is 0 Å². The van der Waals surface area contributed by atoms with E-state index >= 15 is 0 Å². The van der Waals surface area contributed by atoms with Crippen LogP contribution in [0.15, 0.2) is 24.3 Å². The van der Waals surface area contributed by atoms with E-state index in [9.17, 15) is 38.4 Å². The third-order valence-corrected chi connectivity index (χ3v) is 8.81. The summed E-state index contributed by atoms with van der Waals surface area (Å²) < 4.78 is 5.19. The van der Waals surface area contributed by atoms with Gasteiger partial charge in [-0.15, -0.1) is 0 Å². The number of benzene rings is 1. The Kier molecular flexibility index (Phi) is 41.7. The number of carbonyl (C=O) groups is 8. The Morgan fingerprint density at radius 2 is 1.44 bits per heavy atom. The largest absolute Gasteiger partial charge is 0.445 e. The minimum atomic E-state index is -0.750. The van der Waals surface area contributed by atoms with Crippen molar-refractivity contribution in [3.05, 3.63) is 29.8 Å². The molecule has 0 aliphatic carbocycles. The van der Waals surface area contributed by atoms with Gasteiger partial charge in [-0.1, -0.05) is 113 Å². The number of amides is 9. The molecule has 8 N–H and O–H groups in total. The molecule has 9 amide bonds. The Bertz CT molecular complexity index is 1370. The third kappa shape index (κ3) is 33.5. The first-order valence-electron chi connectivity index (χ1n) is 21.3. The highest BCUT2D eigenvalue weighted by atomic mass is 32.1. The summed E-state index contributed by atoms with van der Waals surface area (Å²) in [6.07, 6.45) is 8.72. The van der Waals surface area contributed by atoms with E-state index in [0.717, 1.165) is 32.1 Å². The normalized spacial score (nSPS) is 13.2. The van der Waals surface area contributed by atoms with Gasteiger partial charge in [-0.05, 0) is 49.3 Å². The number of anilines is 1. The lowest BCUT2D eigenvalue weighted by atomic mass is 10.0. The van der Waals surface area contributed by atoms with E-state index < -0.39 is 29.3 Å². The number of primary amides is 2. The summed E-state index contributed by atoms with van der Waals surface area (Å²) in [5.74, 6) is -0.740. The zero-order chi connectivity index (χ0) is 47.9. The Morgan fingerprint density at radius 1 is 0.869 bits per heavy atom. The van der Waals surface area contributed by atoms with Crippen LogP contribution in [0.2, 0.25) is 0 Å². The van der Waals surface area contributed by atoms with E-state index in [1.807, 2.05) is 27.7 Å². The van der Waals surface area contributed by atoms with Crippen LogP contribution >= 0.6 is 12.6 Å². The fourth-order valence-electron chi connectivity index (χ4n) is 4.50. The van der Waals surface area contributed by atoms with Gasteiger partial charge in [0.05, 0.1) is 11.8 Å². The van der Waals surface area contributed by atoms with Crippen molar-refractivity contribution in [2.75, 3.05) is 32.0 Å². The maximum absolute atomic E-state index is 12.1. The molecule has 0 radical (unpaired) electrons. The van der Waals surface area contributed by atoms with Gasteiger partial charge < -0.3 is 37.5 Å². The average Bonchev–Trinajstić information content (AvgIpc) is 3.47. The Balaban J connectivity index is -0.000000386. The molecule has 1 aliphatic rings. The molecular formula is C43H80N8O9S. The molecule has 1 aromatic rings. The number of nitrogens with zero attached hydrogens (tertiary/aromatic N) is 2. The first-order valence-corrected chi connectivity index (χ1v) is 21.8. The number of nitrogens with two attached hydrogens (primary N) is 2. The molecule has 0 bridgehead atoms. The molecule has 1 aliphatic heterocycles. The topological polar surface area (TPSA) is 252 Å². The number of rotatable bonds is 20. The van der Waals surface area contributed by atoms with Gasteiger partial charge in [0.25, 0.3) is 0 Å². The van der Waals surface area contributed by atoms with E-state index in [0.29, 0.717) is 42.7 Å². The summed E-state index contributed by atoms with van der Waals surface area (Å²) >= 11 is 4.06. The Labute approximate surface area is 371 Å². The van der Waals surface area contributed by atoms with Crippen molar-refractivity contribution >= 4 is 66.9 Å². The van der Waals surface area contributed by atoms with Gasteiger partial charge >= 0.3 is 12.1 Å². The number of hydrogen-bond acceptors (Lipinski definition) is 10. The maximum atomic E-state index is 12.1. The number of hydrogen-bond donors (Lipinski definition) is 7. The zero-order valence-electron chi connectivity index (χ0n) is 39.0. The number of likely N-dealkylation sites (N-methyl/N-ethyl adjacent to an activating group) is 1. The number of nitrogens with one attached hydrogen (secondary N) is 4. The van der Waals surface area contributed by atoms with Crippen molar-refractivity contribution in [1.82, 2.24) is 25.8 Å². The summed E-state index contributed by atoms with van der Waals surface area (Å²) in [6, 6.07) is 5.76. The molecule has 1 fully saturated rings. The van der Waals surface area contributed by atoms with Crippen molar-refractivity contribution in [1.29, 1.82) is 0 Å². The molecule has 352 valence electrons. The molecule has 1 saturated heterocycles. The standard InChI is InChI=1S/C17H24N4O5.C10H17NO2S.C6H13NO.C4H10N2O.C4H10.C2H6/c1-11(2)15(16(18)24)21(3)17(25)26-9-12-4-6-13(7-5-12)20-14(23)8-19-10-22;1-2-3-4-5-6-11-9(12)7-8(14)10(11)13;1-5(2)6(3)7-4-8;1-2-3-6-4(5)7;1-3-4-2;1-2/h4-7,10-11,15H,8-9H2,1-3H3,(H2,18,24)(H,19,22)(H,20,23);8,14H,2-7H2,1H3;4-6H,1-3H3,(H,7,8);2-3H2,1H3,(H3,5,6,7);3-4H2,1-2H3;1-2H3. The maximum Gasteiger partial charge on any atom is 0.410 e. The van der Waals surface area contributed by atoms with Crippen molar-refractivity contribution in [2.24, 2.45) is 23.3 Å². The average molecular weight is 885 g/mol. The number of urea groups is 1. The molecule has 3 atom stereocenters. The number of thiol groups is 1. The van der Waals surface area contributed by atoms with Crippen LogP contribution in [0.4, 0.5) is 15.3 Å². The summed E-state index contributed by atoms with van der Waals surface area (Å²) in [4.78, 5) is 90.1. The van der Waals surface area contributed by atoms with Crippen LogP contribution in [-0.2, 0) is 40.1 Å². The van der Waals surface area contributed by atoms with Gasteiger partial charge in [-0.25, -0.2) is 9.59 Å². The minimum Gasteiger partial charge on any atom is -0.445 e. The lowest BCUT2D eigenvalue weighted by Crippen LogP contribution is -2.48. The second-order valence-corrected chi connectivity index (χ2v) is 14.9. The second kappa shape index (κ2) is 40.5. The van der Waals surface area contributed by atoms with E-state index in [4.69, 9.17) is 16.2 Å². The molecule has 0 aromatic heterocycles. The lowest BCUT2D eigenvalue weighted by Gasteiger charge is -2.27. The highest BCUT2D eigenvalue weighted by Crippen LogP contribution is 2.18. The number of imide groups is 1. The number of likely N-dealkylation sites (tertiary alicyclic amines) is 1. The van der Waals surface area contributed by atoms with Crippen LogP contribution in [0.1, 0.15) is 133 Å². The summed E-state index contributed by atoms with van der Waals surface area (Å²) in [5, 5.41) is 9.56. The minimum absolute atomic E-state index is 0.00761. The third-order valence-electron chi connectivity index (χ3n) is 8.41. The summed E-state index contributed by atoms with van der Waals surface area (Å²) in [6.45, 7) is 23.3. The monoisotopic (exact) mass is 885 g/mol. The lowest BCUT2D eigenvalue weighted by molar-refractivity contribution is -0.138. The van der Waals surface area contributed by atoms with Crippen LogP contribution in [0.5, 0.6) is 0 Å². The predicted molar refractivity (Wildman–Crippen MR) is 246 cm³/mol. The number of ether oxygens (including phenoxy) is 1. The van der Waals surface area contributed by atoms with Crippen LogP contribution in [0.3, 0.4) is 0 Å². The molecular weight excluding hydrogens is 805 g/mol. The van der Waals surface area contributed by atoms with E-state index in [1.165, 1.54) is 36.1 Å². The first-order chi connectivity index (χ1) is 28.8. The van der Waals surface area contributed by atoms with Crippen molar-refractivity contribution < 1.29 is 43.1 Å². The van der Waals surface area contributed by atoms with Gasteiger partial charge in [0, 0.05) is 38.3 Å². The van der Waals surface area contributed by atoms with Gasteiger partial charge in [-0.2, -0.15) is 12.6 Å². The fraction of sp³-hybridized carbons (Fsp3) is 0.674. The highest BCUT2D eigenvalue weighted by molar-refractivity contribution is 7.81. The molecule has 3 unspecified atom stereocenters. The van der Waals surface area contributed by atoms with Crippen LogP contribution in [0, 0.1) is 11.8 Å². The van der Waals surface area contributed by atoms with Gasteiger partial charge in [0.2, 0.25) is 36.4 Å². The van der Waals surface area contributed by atoms with Crippen LogP contribution in [-0.4, -0.2) is 102 Å². The quantitative estimate of drug-likeness (QED) is 0.0364. The molecule has 61 heavy (non-hydrogen) atoms. The van der Waals surface area contributed by atoms with E-state index in [2.05, 4.69) is 68.5 Å². The van der Waals surface area contributed by atoms with Crippen molar-refractivity contribution in [2.45, 2.75) is 151 Å². The summed E-state index contributed by atoms with van der Waals surface area (Å²) in [7, 11) is 1.46. The molecule has 17 nitrogen and oxygen atoms in total. The van der Waals surface area contributed by atoms with Gasteiger partial charge in [0.15, 0.2) is 0 Å². The fourth-order valence-corrected chi connectivity index (χ4v) is 4.79. The molecule has 0 spiro atoms. The first kappa shape index (κ1) is 62.8. The Morgan fingerprint density at radius 3 is 1.80 bits per heavy atom. The molecule has 1 aromatic carbocycles.